The molecule has 3 heteroatoms. The van der Waals surface area contributed by atoms with Crippen LogP contribution in [0.1, 0.15) is 106 Å². The van der Waals surface area contributed by atoms with Crippen LogP contribution in [0.2, 0.25) is 0 Å². The Kier molecular flexibility index (Phi) is 5.15. The molecule has 0 bridgehead atoms. The maximum Gasteiger partial charge on any atom is 0.310 e. The zero-order valence-corrected chi connectivity index (χ0v) is 22.2. The summed E-state index contributed by atoms with van der Waals surface area (Å²) in [6.07, 6.45) is 11.6. The third-order valence-corrected chi connectivity index (χ3v) is 13.4. The zero-order valence-electron chi connectivity index (χ0n) is 22.2. The van der Waals surface area contributed by atoms with Gasteiger partial charge in [0.1, 0.15) is 0 Å². The summed E-state index contributed by atoms with van der Waals surface area (Å²) in [4.78, 5) is 12.8. The summed E-state index contributed by atoms with van der Waals surface area (Å²) in [5.41, 5.74) is 1.46. The van der Waals surface area contributed by atoms with Crippen molar-refractivity contribution in [3.63, 3.8) is 0 Å². The predicted octanol–water partition coefficient (Wildman–Crippen LogP) is 7.09. The molecule has 0 spiro atoms. The summed E-state index contributed by atoms with van der Waals surface area (Å²) in [5, 5.41) is 21.4. The molecule has 2 N–H and O–H groups in total. The molecule has 0 aromatic rings. The van der Waals surface area contributed by atoms with Crippen LogP contribution in [-0.4, -0.2) is 22.3 Å². The van der Waals surface area contributed by atoms with E-state index in [4.69, 9.17) is 0 Å². The maximum atomic E-state index is 12.8. The van der Waals surface area contributed by atoms with Gasteiger partial charge in [-0.1, -0.05) is 60.1 Å². The van der Waals surface area contributed by atoms with Gasteiger partial charge in [-0.25, -0.2) is 0 Å². The Morgan fingerprint density at radius 1 is 0.909 bits per heavy atom. The molecular weight excluding hydrogens is 408 g/mol. The van der Waals surface area contributed by atoms with Crippen molar-refractivity contribution in [3.8, 4) is 0 Å². The highest BCUT2D eigenvalue weighted by Gasteiger charge is 2.69. The molecule has 0 heterocycles. The minimum atomic E-state index is -0.557. The highest BCUT2D eigenvalue weighted by Crippen LogP contribution is 2.75. The van der Waals surface area contributed by atoms with Gasteiger partial charge in [0, 0.05) is 0 Å². The molecule has 0 saturated heterocycles. The topological polar surface area (TPSA) is 57.5 Å². The molecule has 4 saturated carbocycles. The normalized spacial score (nSPS) is 55.3. The number of hydrogen-bond acceptors (Lipinski definition) is 2. The van der Waals surface area contributed by atoms with Crippen molar-refractivity contribution >= 4 is 5.97 Å². The number of hydrogen-bond donors (Lipinski definition) is 2. The molecule has 0 radical (unpaired) electrons. The van der Waals surface area contributed by atoms with Gasteiger partial charge in [-0.15, -0.1) is 0 Å². The van der Waals surface area contributed by atoms with Gasteiger partial charge in [-0.3, -0.25) is 4.79 Å². The van der Waals surface area contributed by atoms with Crippen LogP contribution in [-0.2, 0) is 4.79 Å². The van der Waals surface area contributed by atoms with Crippen molar-refractivity contribution in [2.75, 3.05) is 0 Å². The molecule has 10 atom stereocenters. The largest absolute Gasteiger partial charge is 0.481 e. The molecule has 5 aliphatic carbocycles. The van der Waals surface area contributed by atoms with Crippen LogP contribution in [0.5, 0.6) is 0 Å². The standard InChI is InChI=1S/C30H48O3/c1-18-10-15-30(25(32)33)17-16-28(6)20(24(30)19(18)2)8-9-22-27(5)13-12-23(31)26(3,4)21(27)11-14-29(22,28)7/h8,18-19,21-24,31H,9-17H2,1-7H3,(H,32,33)/t18-,19+,21?,22-,23+,24+,27+,28-,29?,30?/m1/s1. The summed E-state index contributed by atoms with van der Waals surface area (Å²) in [6, 6.07) is 0. The molecule has 3 unspecified atom stereocenters. The summed E-state index contributed by atoms with van der Waals surface area (Å²) in [5.74, 6) is 1.82. The monoisotopic (exact) mass is 456 g/mol. The van der Waals surface area contributed by atoms with Crippen molar-refractivity contribution in [2.45, 2.75) is 112 Å². The number of aliphatic carboxylic acids is 1. The van der Waals surface area contributed by atoms with E-state index in [-0.39, 0.29) is 33.7 Å². The van der Waals surface area contributed by atoms with E-state index in [9.17, 15) is 15.0 Å². The Morgan fingerprint density at radius 2 is 1.61 bits per heavy atom. The van der Waals surface area contributed by atoms with Crippen LogP contribution in [0.15, 0.2) is 11.6 Å². The Balaban J connectivity index is 1.61. The highest BCUT2D eigenvalue weighted by atomic mass is 16.4. The van der Waals surface area contributed by atoms with E-state index in [2.05, 4.69) is 54.5 Å². The molecule has 0 aliphatic heterocycles. The Morgan fingerprint density at radius 3 is 2.27 bits per heavy atom. The van der Waals surface area contributed by atoms with Gasteiger partial charge in [0.05, 0.1) is 11.5 Å². The summed E-state index contributed by atoms with van der Waals surface area (Å²) in [6.45, 7) is 17.0. The number of aliphatic hydroxyl groups is 1. The SMILES string of the molecule is C[C@H]1[C@H](C)CCC2(C(=O)O)CC[C@]3(C)C(=CC[C@H]4C3(C)CCC3C(C)(C)[C@@H](O)CC[C@@]34C)[C@H]12. The lowest BCUT2D eigenvalue weighted by Crippen LogP contribution is -2.65. The first kappa shape index (κ1) is 23.9. The Labute approximate surface area is 201 Å². The fraction of sp³-hybridized carbons (Fsp3) is 0.900. The van der Waals surface area contributed by atoms with Gasteiger partial charge < -0.3 is 10.2 Å². The maximum absolute atomic E-state index is 12.8. The molecule has 0 aromatic carbocycles. The van der Waals surface area contributed by atoms with Crippen LogP contribution in [0.25, 0.3) is 0 Å². The molecule has 5 aliphatic rings. The van der Waals surface area contributed by atoms with Crippen molar-refractivity contribution < 1.29 is 15.0 Å². The minimum absolute atomic E-state index is 0.0302. The van der Waals surface area contributed by atoms with Crippen LogP contribution in [0.3, 0.4) is 0 Å². The van der Waals surface area contributed by atoms with E-state index in [1.165, 1.54) is 18.4 Å². The Bertz CT molecular complexity index is 874. The van der Waals surface area contributed by atoms with Crippen LogP contribution >= 0.6 is 0 Å². The summed E-state index contributed by atoms with van der Waals surface area (Å²) in [7, 11) is 0. The van der Waals surface area contributed by atoms with E-state index in [1.807, 2.05) is 0 Å². The zero-order chi connectivity index (χ0) is 24.2. The van der Waals surface area contributed by atoms with Crippen molar-refractivity contribution in [1.29, 1.82) is 0 Å². The first-order valence-corrected chi connectivity index (χ1v) is 13.9. The van der Waals surface area contributed by atoms with Crippen LogP contribution < -0.4 is 0 Å². The second-order valence-corrected chi connectivity index (χ2v) is 14.5. The number of carboxylic acid groups (broad SMARTS) is 1. The third-order valence-electron chi connectivity index (χ3n) is 13.4. The lowest BCUT2D eigenvalue weighted by molar-refractivity contribution is -0.206. The average molecular weight is 457 g/mol. The molecule has 4 fully saturated rings. The first-order valence-electron chi connectivity index (χ1n) is 13.9. The van der Waals surface area contributed by atoms with Crippen molar-refractivity contribution in [1.82, 2.24) is 0 Å². The van der Waals surface area contributed by atoms with Crippen LogP contribution in [0.4, 0.5) is 0 Å². The second kappa shape index (κ2) is 7.11. The number of fused-ring (bicyclic) bond motifs is 7. The number of rotatable bonds is 1. The van der Waals surface area contributed by atoms with Crippen molar-refractivity contribution in [2.24, 2.45) is 56.7 Å². The molecule has 33 heavy (non-hydrogen) atoms. The van der Waals surface area contributed by atoms with E-state index < -0.39 is 11.4 Å². The van der Waals surface area contributed by atoms with Gasteiger partial charge in [0.2, 0.25) is 0 Å². The summed E-state index contributed by atoms with van der Waals surface area (Å²) < 4.78 is 0. The number of allylic oxidation sites excluding steroid dienone is 2. The first-order chi connectivity index (χ1) is 15.3. The number of aliphatic hydroxyl groups excluding tert-OH is 1. The molecule has 0 aromatic heterocycles. The summed E-state index contributed by atoms with van der Waals surface area (Å²) >= 11 is 0. The van der Waals surface area contributed by atoms with Crippen molar-refractivity contribution in [3.05, 3.63) is 11.6 Å². The fourth-order valence-electron chi connectivity index (χ4n) is 10.8. The fourth-order valence-corrected chi connectivity index (χ4v) is 10.8. The molecule has 3 nitrogen and oxygen atoms in total. The van der Waals surface area contributed by atoms with E-state index in [1.54, 1.807) is 0 Å². The minimum Gasteiger partial charge on any atom is -0.481 e. The second-order valence-electron chi connectivity index (χ2n) is 14.5. The van der Waals surface area contributed by atoms with E-state index >= 15 is 0 Å². The van der Waals surface area contributed by atoms with Gasteiger partial charge in [0.25, 0.3) is 0 Å². The third kappa shape index (κ3) is 2.75. The Hall–Kier alpha value is -0.830. The molecular formula is C30H48O3. The number of carboxylic acids is 1. The number of carbonyl (C=O) groups is 1. The lowest BCUT2D eigenvalue weighted by atomic mass is 9.33. The van der Waals surface area contributed by atoms with Gasteiger partial charge in [-0.2, -0.15) is 0 Å². The van der Waals surface area contributed by atoms with Gasteiger partial charge >= 0.3 is 5.97 Å². The quantitative estimate of drug-likeness (QED) is 0.414. The molecule has 5 rings (SSSR count). The average Bonchev–Trinajstić information content (AvgIpc) is 2.74. The molecule has 186 valence electrons. The van der Waals surface area contributed by atoms with Crippen LogP contribution in [0, 0.1) is 56.7 Å². The van der Waals surface area contributed by atoms with Gasteiger partial charge in [-0.05, 0) is 109 Å². The van der Waals surface area contributed by atoms with E-state index in [0.717, 1.165) is 44.9 Å². The van der Waals surface area contributed by atoms with Gasteiger partial charge in [0.15, 0.2) is 0 Å². The van der Waals surface area contributed by atoms with E-state index in [0.29, 0.717) is 23.7 Å². The smallest absolute Gasteiger partial charge is 0.310 e. The lowest BCUT2D eigenvalue weighted by Gasteiger charge is -2.71. The predicted molar refractivity (Wildman–Crippen MR) is 133 cm³/mol. The molecule has 0 amide bonds. The highest BCUT2D eigenvalue weighted by molar-refractivity contribution is 5.76.